The van der Waals surface area contributed by atoms with Gasteiger partial charge in [-0.05, 0) is 60.7 Å². The molecule has 5 rings (SSSR count). The molecule has 0 atom stereocenters. The van der Waals surface area contributed by atoms with Crippen LogP contribution in [0.15, 0.2) is 48.8 Å². The third kappa shape index (κ3) is 7.22. The number of carbonyl (C=O) groups excluding carboxylic acids is 1. The SMILES string of the molecule is CCOC(=O)c1c[nH+]c2ccc3cc4[nH]cccc4cc3c12.CC[N+]1=C(C)CCCC1.[O-][Cl+3]([O-])([O-])[O-]. The number of fused-ring (bicyclic) bond motifs is 4. The van der Waals surface area contributed by atoms with E-state index in [1.807, 2.05) is 25.3 Å². The number of hydrogen-bond donors (Lipinski definition) is 1. The molecule has 0 saturated heterocycles. The zero-order valence-electron chi connectivity index (χ0n) is 20.6. The van der Waals surface area contributed by atoms with Gasteiger partial charge in [-0.3, -0.25) is 0 Å². The van der Waals surface area contributed by atoms with Gasteiger partial charge in [0.15, 0.2) is 6.20 Å². The fourth-order valence-electron chi connectivity index (χ4n) is 4.40. The van der Waals surface area contributed by atoms with E-state index < -0.39 is 10.2 Å². The lowest BCUT2D eigenvalue weighted by Crippen LogP contribution is -2.68. The first-order valence-electron chi connectivity index (χ1n) is 11.8. The molecule has 4 aromatic rings. The number of H-pyrrole nitrogens is 2. The van der Waals surface area contributed by atoms with Crippen molar-refractivity contribution in [2.75, 3.05) is 19.7 Å². The van der Waals surface area contributed by atoms with E-state index in [-0.39, 0.29) is 5.97 Å². The van der Waals surface area contributed by atoms with E-state index in [4.69, 9.17) is 23.4 Å². The quantitative estimate of drug-likeness (QED) is 0.236. The molecule has 192 valence electrons. The number of pyridine rings is 1. The zero-order chi connectivity index (χ0) is 26.3. The van der Waals surface area contributed by atoms with E-state index in [1.54, 1.807) is 11.9 Å². The number of carbonyl (C=O) groups is 1. The topological polar surface area (TPSA) is 151 Å². The first kappa shape index (κ1) is 27.5. The van der Waals surface area contributed by atoms with Crippen molar-refractivity contribution >= 4 is 44.3 Å². The van der Waals surface area contributed by atoms with E-state index in [1.165, 1.54) is 32.4 Å². The van der Waals surface area contributed by atoms with E-state index in [0.717, 1.165) is 32.6 Å². The number of ether oxygens (including phenoxy) is 1. The van der Waals surface area contributed by atoms with Crippen molar-refractivity contribution < 1.29 is 48.0 Å². The van der Waals surface area contributed by atoms with Crippen LogP contribution in [0.1, 0.15) is 50.4 Å². The van der Waals surface area contributed by atoms with Crippen LogP contribution >= 0.6 is 0 Å². The molecule has 0 unspecified atom stereocenters. The Labute approximate surface area is 211 Å². The summed E-state index contributed by atoms with van der Waals surface area (Å²) in [7, 11) is -4.94. The Hall–Kier alpha value is -3.08. The molecule has 0 aliphatic carbocycles. The monoisotopic (exact) mass is 516 g/mol. The van der Waals surface area contributed by atoms with Crippen LogP contribution in [-0.2, 0) is 4.74 Å². The average Bonchev–Trinajstić information content (AvgIpc) is 3.28. The number of aromatic amines is 2. The highest BCUT2D eigenvalue weighted by Gasteiger charge is 2.21. The largest absolute Gasteiger partial charge is 0.462 e. The molecule has 0 spiro atoms. The van der Waals surface area contributed by atoms with Crippen LogP contribution in [-0.4, -0.2) is 40.9 Å². The van der Waals surface area contributed by atoms with Gasteiger partial charge < -0.3 is 9.72 Å². The van der Waals surface area contributed by atoms with Crippen molar-refractivity contribution in [1.82, 2.24) is 4.98 Å². The predicted octanol–water partition coefficient (Wildman–Crippen LogP) is 0.373. The Morgan fingerprint density at radius 2 is 1.86 bits per heavy atom. The van der Waals surface area contributed by atoms with Gasteiger partial charge in [-0.25, -0.2) is 33.0 Å². The fourth-order valence-corrected chi connectivity index (χ4v) is 4.40. The molecule has 0 amide bonds. The molecule has 10 heteroatoms. The maximum atomic E-state index is 12.2. The summed E-state index contributed by atoms with van der Waals surface area (Å²) in [5, 5.41) is 4.17. The third-order valence-corrected chi connectivity index (χ3v) is 6.08. The number of halogens is 1. The summed E-state index contributed by atoms with van der Waals surface area (Å²) in [6, 6.07) is 12.3. The standard InChI is InChI=1S/C18H14N2O2.C8H16N.ClHO4/c1-2-22-18(21)14-10-20-15-6-5-11-9-16-12(4-3-7-19-16)8-13(11)17(14)15;1-3-9-7-5-4-6-8(9)2;2-1(3,4)5/h3-10,19H,2H2,1H3;3-7H2,1-2H3;(H,2,3,4,5)/q;+1;. The number of aromatic nitrogens is 2. The highest BCUT2D eigenvalue weighted by Crippen LogP contribution is 2.30. The molecule has 3 heterocycles. The number of hydrogen-bond acceptors (Lipinski definition) is 6. The molecule has 0 radical (unpaired) electrons. The van der Waals surface area contributed by atoms with Gasteiger partial charge in [-0.15, -0.1) is 10.2 Å². The van der Waals surface area contributed by atoms with Gasteiger partial charge in [0.25, 0.3) is 0 Å². The van der Waals surface area contributed by atoms with Crippen molar-refractivity contribution in [3.8, 4) is 0 Å². The number of rotatable bonds is 3. The second kappa shape index (κ2) is 12.2. The van der Waals surface area contributed by atoms with Gasteiger partial charge in [-0.1, -0.05) is 6.07 Å². The Bertz CT molecular complexity index is 1370. The molecule has 2 aromatic carbocycles. The van der Waals surface area contributed by atoms with E-state index in [9.17, 15) is 4.79 Å². The summed E-state index contributed by atoms with van der Waals surface area (Å²) in [5.74, 6) is -0.291. The van der Waals surface area contributed by atoms with Crippen LogP contribution in [0, 0.1) is 10.2 Å². The zero-order valence-corrected chi connectivity index (χ0v) is 21.4. The minimum atomic E-state index is -4.94. The number of esters is 1. The number of benzene rings is 2. The molecule has 1 aliphatic rings. The van der Waals surface area contributed by atoms with E-state index >= 15 is 0 Å². The van der Waals surface area contributed by atoms with Crippen molar-refractivity contribution in [2.45, 2.75) is 40.0 Å². The maximum absolute atomic E-state index is 12.2. The Balaban J connectivity index is 0.000000214. The molecular formula is C26H31ClN3O6+. The van der Waals surface area contributed by atoms with Crippen molar-refractivity contribution in [1.29, 1.82) is 0 Å². The first-order chi connectivity index (χ1) is 17.1. The molecule has 36 heavy (non-hydrogen) atoms. The van der Waals surface area contributed by atoms with Gasteiger partial charge in [0, 0.05) is 37.5 Å². The predicted molar refractivity (Wildman–Crippen MR) is 126 cm³/mol. The van der Waals surface area contributed by atoms with Crippen LogP contribution < -0.4 is 23.6 Å². The van der Waals surface area contributed by atoms with Gasteiger partial charge in [0.05, 0.1) is 12.0 Å². The molecule has 0 saturated carbocycles. The molecule has 0 fully saturated rings. The van der Waals surface area contributed by atoms with E-state index in [0.29, 0.717) is 12.2 Å². The lowest BCUT2D eigenvalue weighted by atomic mass is 10.0. The second-order valence-corrected chi connectivity index (χ2v) is 9.15. The summed E-state index contributed by atoms with van der Waals surface area (Å²) in [5.41, 5.74) is 4.18. The highest BCUT2D eigenvalue weighted by atomic mass is 35.7. The summed E-state index contributed by atoms with van der Waals surface area (Å²) in [4.78, 5) is 18.6. The lowest BCUT2D eigenvalue weighted by Gasteiger charge is -2.17. The number of nitrogens with one attached hydrogen (secondary N) is 2. The average molecular weight is 517 g/mol. The molecule has 0 bridgehead atoms. The van der Waals surface area contributed by atoms with Crippen molar-refractivity contribution in [3.63, 3.8) is 0 Å². The third-order valence-electron chi connectivity index (χ3n) is 6.08. The van der Waals surface area contributed by atoms with Crippen LogP contribution in [0.2, 0.25) is 0 Å². The van der Waals surface area contributed by atoms with E-state index in [2.05, 4.69) is 52.7 Å². The van der Waals surface area contributed by atoms with Crippen LogP contribution in [0.5, 0.6) is 0 Å². The van der Waals surface area contributed by atoms with Gasteiger partial charge in [0.2, 0.25) is 5.52 Å². The summed E-state index contributed by atoms with van der Waals surface area (Å²) >= 11 is 0. The molecular weight excluding hydrogens is 486 g/mol. The minimum Gasteiger partial charge on any atom is -0.462 e. The van der Waals surface area contributed by atoms with Gasteiger partial charge >= 0.3 is 5.97 Å². The van der Waals surface area contributed by atoms with Crippen LogP contribution in [0.25, 0.3) is 32.6 Å². The molecule has 2 N–H and O–H groups in total. The molecule has 1 aliphatic heterocycles. The van der Waals surface area contributed by atoms with Crippen molar-refractivity contribution in [2.24, 2.45) is 0 Å². The lowest BCUT2D eigenvalue weighted by molar-refractivity contribution is -2.00. The fraction of sp³-hybridized carbons (Fsp3) is 0.346. The smallest absolute Gasteiger partial charge is 0.345 e. The Morgan fingerprint density at radius 1 is 1.11 bits per heavy atom. The minimum absolute atomic E-state index is 0.291. The van der Waals surface area contributed by atoms with Crippen molar-refractivity contribution in [3.05, 3.63) is 54.4 Å². The van der Waals surface area contributed by atoms with Gasteiger partial charge in [-0.2, -0.15) is 0 Å². The molecule has 2 aromatic heterocycles. The van der Waals surface area contributed by atoms with Gasteiger partial charge in [0.1, 0.15) is 24.4 Å². The summed E-state index contributed by atoms with van der Waals surface area (Å²) < 4.78 is 41.6. The summed E-state index contributed by atoms with van der Waals surface area (Å²) in [6.07, 6.45) is 7.76. The molecule has 9 nitrogen and oxygen atoms in total. The van der Waals surface area contributed by atoms with Crippen LogP contribution in [0.3, 0.4) is 0 Å². The summed E-state index contributed by atoms with van der Waals surface area (Å²) in [6.45, 7) is 9.16. The normalized spacial score (nSPS) is 13.8. The van der Waals surface area contributed by atoms with Crippen LogP contribution in [0.4, 0.5) is 0 Å². The second-order valence-electron chi connectivity index (χ2n) is 8.39. The Morgan fingerprint density at radius 3 is 2.50 bits per heavy atom. The Kier molecular flexibility index (Phi) is 9.36. The number of nitrogens with zero attached hydrogens (tertiary/aromatic N) is 1. The maximum Gasteiger partial charge on any atom is 0.345 e. The highest BCUT2D eigenvalue weighted by molar-refractivity contribution is 6.17. The first-order valence-corrected chi connectivity index (χ1v) is 13.1.